The number of rotatable bonds is 7. The van der Waals surface area contributed by atoms with E-state index in [0.717, 1.165) is 11.4 Å². The quantitative estimate of drug-likeness (QED) is 0.526. The van der Waals surface area contributed by atoms with Crippen LogP contribution in [0.15, 0.2) is 22.1 Å². The number of aryl methyl sites for hydroxylation is 2. The fourth-order valence-electron chi connectivity index (χ4n) is 3.20. The first kappa shape index (κ1) is 21.6. The van der Waals surface area contributed by atoms with Gasteiger partial charge >= 0.3 is 0 Å². The van der Waals surface area contributed by atoms with Gasteiger partial charge in [-0.05, 0) is 32.8 Å². The summed E-state index contributed by atoms with van der Waals surface area (Å²) in [4.78, 5) is 16.6. The molecule has 11 heteroatoms. The molecule has 0 atom stereocenters. The van der Waals surface area contributed by atoms with Gasteiger partial charge < -0.3 is 15.8 Å². The van der Waals surface area contributed by atoms with Gasteiger partial charge in [-0.1, -0.05) is 0 Å². The van der Waals surface area contributed by atoms with Crippen LogP contribution in [0, 0.1) is 13.8 Å². The Bertz CT molecular complexity index is 931. The van der Waals surface area contributed by atoms with Gasteiger partial charge in [0.15, 0.2) is 0 Å². The van der Waals surface area contributed by atoms with Crippen LogP contribution in [0.3, 0.4) is 0 Å². The second-order valence-electron chi connectivity index (χ2n) is 7.29. The highest BCUT2D eigenvalue weighted by Crippen LogP contribution is 2.34. The minimum Gasteiger partial charge on any atom is -0.469 e. The number of hydrogen-bond acceptors (Lipinski definition) is 6. The molecule has 2 heterocycles. The summed E-state index contributed by atoms with van der Waals surface area (Å²) in [5.41, 5.74) is 7.46. The number of nitrogens with two attached hydrogens (primary N) is 1. The Labute approximate surface area is 173 Å². The minimum absolute atomic E-state index is 0.00861. The largest absolute Gasteiger partial charge is 0.469 e. The van der Waals surface area contributed by atoms with E-state index in [1.54, 1.807) is 17.8 Å². The van der Waals surface area contributed by atoms with E-state index in [2.05, 4.69) is 30.4 Å². The van der Waals surface area contributed by atoms with Gasteiger partial charge in [-0.2, -0.15) is 15.1 Å². The molecule has 0 saturated heterocycles. The maximum atomic E-state index is 13.5. The van der Waals surface area contributed by atoms with E-state index in [9.17, 15) is 8.78 Å². The van der Waals surface area contributed by atoms with E-state index in [4.69, 9.17) is 10.5 Å². The predicted octanol–water partition coefficient (Wildman–Crippen LogP) is 2.66. The molecule has 0 amide bonds. The van der Waals surface area contributed by atoms with Crippen molar-refractivity contribution in [3.05, 3.63) is 23.5 Å². The van der Waals surface area contributed by atoms with Gasteiger partial charge in [0.1, 0.15) is 24.6 Å². The van der Waals surface area contributed by atoms with Gasteiger partial charge in [0.25, 0.3) is 5.95 Å². The van der Waals surface area contributed by atoms with E-state index >= 15 is 0 Å². The van der Waals surface area contributed by atoms with Gasteiger partial charge in [0.05, 0.1) is 5.69 Å². The van der Waals surface area contributed by atoms with E-state index in [0.29, 0.717) is 24.6 Å². The fourth-order valence-corrected chi connectivity index (χ4v) is 3.20. The molecular formula is C19H26F2N8O. The SMILES string of the molecule is CN=CN=C(N)COc1cc(NC2CCC(F)(F)CC2)nc(-n2nc(C)cc2C)n1. The molecule has 3 rings (SSSR count). The molecule has 0 aliphatic heterocycles. The van der Waals surface area contributed by atoms with Crippen LogP contribution in [-0.4, -0.2) is 57.5 Å². The lowest BCUT2D eigenvalue weighted by atomic mass is 9.92. The highest BCUT2D eigenvalue weighted by molar-refractivity contribution is 5.88. The average Bonchev–Trinajstić information content (AvgIpc) is 3.04. The molecule has 2 aromatic rings. The Morgan fingerprint density at radius 2 is 2.07 bits per heavy atom. The molecule has 3 N–H and O–H groups in total. The number of alkyl halides is 2. The molecule has 1 saturated carbocycles. The van der Waals surface area contributed by atoms with Crippen LogP contribution in [0.4, 0.5) is 14.6 Å². The maximum absolute atomic E-state index is 13.5. The van der Waals surface area contributed by atoms with Crippen LogP contribution in [-0.2, 0) is 0 Å². The number of amidine groups is 1. The predicted molar refractivity (Wildman–Crippen MR) is 111 cm³/mol. The summed E-state index contributed by atoms with van der Waals surface area (Å²) in [6, 6.07) is 3.42. The molecule has 2 aromatic heterocycles. The zero-order chi connectivity index (χ0) is 21.7. The molecule has 0 spiro atoms. The Hall–Kier alpha value is -3.11. The van der Waals surface area contributed by atoms with E-state index in [1.165, 1.54) is 6.34 Å². The van der Waals surface area contributed by atoms with Gasteiger partial charge in [-0.25, -0.2) is 18.5 Å². The maximum Gasteiger partial charge on any atom is 0.256 e. The normalized spacial score (nSPS) is 17.4. The summed E-state index contributed by atoms with van der Waals surface area (Å²) < 4.78 is 34.2. The summed E-state index contributed by atoms with van der Waals surface area (Å²) in [7, 11) is 1.59. The molecular weight excluding hydrogens is 394 g/mol. The van der Waals surface area contributed by atoms with Crippen LogP contribution in [0.25, 0.3) is 5.95 Å². The fraction of sp³-hybridized carbons (Fsp3) is 0.526. The number of aromatic nitrogens is 4. The van der Waals surface area contributed by atoms with Crippen molar-refractivity contribution in [1.82, 2.24) is 19.7 Å². The average molecular weight is 420 g/mol. The van der Waals surface area contributed by atoms with E-state index in [-0.39, 0.29) is 37.2 Å². The number of ether oxygens (including phenoxy) is 1. The number of nitrogens with zero attached hydrogens (tertiary/aromatic N) is 6. The number of nitrogens with one attached hydrogen (secondary N) is 1. The summed E-state index contributed by atoms with van der Waals surface area (Å²) in [5.74, 6) is -1.31. The van der Waals surface area contributed by atoms with Crippen molar-refractivity contribution in [1.29, 1.82) is 0 Å². The smallest absolute Gasteiger partial charge is 0.256 e. The second-order valence-corrected chi connectivity index (χ2v) is 7.29. The van der Waals surface area contributed by atoms with Crippen molar-refractivity contribution in [3.63, 3.8) is 0 Å². The van der Waals surface area contributed by atoms with Crippen molar-refractivity contribution >= 4 is 18.0 Å². The third-order valence-electron chi connectivity index (χ3n) is 4.67. The zero-order valence-corrected chi connectivity index (χ0v) is 17.3. The van der Waals surface area contributed by atoms with Gasteiger partial charge in [0.2, 0.25) is 11.8 Å². The van der Waals surface area contributed by atoms with Crippen LogP contribution in [0.2, 0.25) is 0 Å². The molecule has 0 bridgehead atoms. The van der Waals surface area contributed by atoms with Crippen molar-refractivity contribution in [3.8, 4) is 11.8 Å². The number of hydrogen-bond donors (Lipinski definition) is 2. The van der Waals surface area contributed by atoms with E-state index < -0.39 is 5.92 Å². The van der Waals surface area contributed by atoms with Crippen LogP contribution < -0.4 is 15.8 Å². The molecule has 30 heavy (non-hydrogen) atoms. The minimum atomic E-state index is -2.59. The first-order chi connectivity index (χ1) is 14.3. The van der Waals surface area contributed by atoms with Crippen molar-refractivity contribution in [2.45, 2.75) is 51.5 Å². The van der Waals surface area contributed by atoms with Crippen LogP contribution in [0.5, 0.6) is 5.88 Å². The molecule has 9 nitrogen and oxygen atoms in total. The summed E-state index contributed by atoms with van der Waals surface area (Å²) in [6.07, 6.45) is 1.76. The van der Waals surface area contributed by atoms with Gasteiger partial charge in [-0.3, -0.25) is 4.99 Å². The lowest BCUT2D eigenvalue weighted by Crippen LogP contribution is -2.32. The van der Waals surface area contributed by atoms with Gasteiger partial charge in [-0.15, -0.1) is 0 Å². The van der Waals surface area contributed by atoms with Gasteiger partial charge in [0, 0.05) is 37.7 Å². The molecule has 1 aliphatic carbocycles. The highest BCUT2D eigenvalue weighted by Gasteiger charge is 2.35. The number of aliphatic imine (C=N–C) groups is 2. The summed E-state index contributed by atoms with van der Waals surface area (Å²) in [5, 5.41) is 7.64. The van der Waals surface area contributed by atoms with E-state index in [1.807, 2.05) is 19.9 Å². The monoisotopic (exact) mass is 420 g/mol. The molecule has 0 aromatic carbocycles. The molecule has 0 unspecified atom stereocenters. The number of anilines is 1. The highest BCUT2D eigenvalue weighted by atomic mass is 19.3. The first-order valence-corrected chi connectivity index (χ1v) is 9.68. The molecule has 0 radical (unpaired) electrons. The zero-order valence-electron chi connectivity index (χ0n) is 17.3. The van der Waals surface area contributed by atoms with Crippen LogP contribution >= 0.6 is 0 Å². The number of halogens is 2. The second kappa shape index (κ2) is 9.14. The standard InChI is InChI=1S/C19H26F2N8O/c1-12-8-13(2)29(28-12)18-26-16(25-14-4-6-19(20,21)7-5-14)9-17(27-18)30-10-15(22)24-11-23-3/h8-9,11,14H,4-7,10H2,1-3H3,(H2,22,23,24)(H,25,26,27). The van der Waals surface area contributed by atoms with Crippen molar-refractivity contribution in [2.75, 3.05) is 19.0 Å². The first-order valence-electron chi connectivity index (χ1n) is 9.68. The Kier molecular flexibility index (Phi) is 6.58. The molecule has 162 valence electrons. The third-order valence-corrected chi connectivity index (χ3v) is 4.67. The van der Waals surface area contributed by atoms with Crippen molar-refractivity contribution in [2.24, 2.45) is 15.7 Å². The Morgan fingerprint density at radius 1 is 1.33 bits per heavy atom. The lowest BCUT2D eigenvalue weighted by Gasteiger charge is -2.29. The third kappa shape index (κ3) is 5.71. The molecule has 1 fully saturated rings. The lowest BCUT2D eigenvalue weighted by molar-refractivity contribution is -0.0361. The topological polar surface area (TPSA) is 116 Å². The Morgan fingerprint density at radius 3 is 2.70 bits per heavy atom. The Balaban J connectivity index is 1.83. The van der Waals surface area contributed by atoms with Crippen molar-refractivity contribution < 1.29 is 13.5 Å². The summed E-state index contributed by atoms with van der Waals surface area (Å²) in [6.45, 7) is 3.77. The molecule has 1 aliphatic rings. The summed E-state index contributed by atoms with van der Waals surface area (Å²) >= 11 is 0. The van der Waals surface area contributed by atoms with Crippen LogP contribution in [0.1, 0.15) is 37.1 Å².